The van der Waals surface area contributed by atoms with E-state index in [4.69, 9.17) is 0 Å². The topological polar surface area (TPSA) is 53.2 Å². The lowest BCUT2D eigenvalue weighted by molar-refractivity contribution is 0.446. The van der Waals surface area contributed by atoms with E-state index in [2.05, 4.69) is 39.7 Å². The number of nitrogens with zero attached hydrogens (tertiary/aromatic N) is 1. The zero-order valence-electron chi connectivity index (χ0n) is 11.1. The summed E-state index contributed by atoms with van der Waals surface area (Å²) in [5.41, 5.74) is 3.54. The molecular weight excluding hydrogens is 387 g/mol. The molecule has 0 bridgehead atoms. The largest absolute Gasteiger partial charge is 0.361 e. The van der Waals surface area contributed by atoms with Crippen LogP contribution in [0.5, 0.6) is 0 Å². The number of aromatic amines is 1. The highest BCUT2D eigenvalue weighted by Crippen LogP contribution is 2.32. The van der Waals surface area contributed by atoms with Crippen LogP contribution in [0.3, 0.4) is 0 Å². The van der Waals surface area contributed by atoms with Crippen molar-refractivity contribution in [2.24, 2.45) is 0 Å². The van der Waals surface area contributed by atoms with Gasteiger partial charge in [-0.05, 0) is 46.7 Å². The molecular formula is C14H15IN2O2S. The molecule has 0 saturated heterocycles. The van der Waals surface area contributed by atoms with E-state index in [0.29, 0.717) is 13.1 Å². The van der Waals surface area contributed by atoms with Crippen molar-refractivity contribution in [3.05, 3.63) is 39.6 Å². The zero-order valence-corrected chi connectivity index (χ0v) is 14.0. The summed E-state index contributed by atoms with van der Waals surface area (Å²) in [6.07, 6.45) is 6.07. The highest BCUT2D eigenvalue weighted by molar-refractivity contribution is 14.1. The average molecular weight is 402 g/mol. The molecule has 106 valence electrons. The van der Waals surface area contributed by atoms with Gasteiger partial charge in [0, 0.05) is 39.3 Å². The van der Waals surface area contributed by atoms with Crippen molar-refractivity contribution in [1.82, 2.24) is 9.29 Å². The number of hydrogen-bond acceptors (Lipinski definition) is 2. The lowest BCUT2D eigenvalue weighted by atomic mass is 10.00. The van der Waals surface area contributed by atoms with Gasteiger partial charge in [-0.3, -0.25) is 0 Å². The van der Waals surface area contributed by atoms with E-state index in [1.165, 1.54) is 30.7 Å². The van der Waals surface area contributed by atoms with Gasteiger partial charge in [-0.25, -0.2) is 8.42 Å². The van der Waals surface area contributed by atoms with Crippen LogP contribution in [0, 0.1) is 3.57 Å². The Morgan fingerprint density at radius 2 is 2.15 bits per heavy atom. The third-order valence-electron chi connectivity index (χ3n) is 3.64. The standard InChI is InChI=1S/C14H15IN2O2S/c1-20(18,19)17-7-5-10(6-8-17)11-9-16-13-4-2-3-12(15)14(11)13/h2-5,9,16H,6-8H2,1H3. The van der Waals surface area contributed by atoms with Crippen LogP contribution in [0.1, 0.15) is 12.0 Å². The third kappa shape index (κ3) is 2.51. The van der Waals surface area contributed by atoms with Gasteiger partial charge in [0.2, 0.25) is 10.0 Å². The molecule has 1 N–H and O–H groups in total. The minimum absolute atomic E-state index is 0.463. The summed E-state index contributed by atoms with van der Waals surface area (Å²) >= 11 is 2.34. The monoisotopic (exact) mass is 402 g/mol. The van der Waals surface area contributed by atoms with Gasteiger partial charge in [-0.15, -0.1) is 0 Å². The van der Waals surface area contributed by atoms with Crippen molar-refractivity contribution in [1.29, 1.82) is 0 Å². The lowest BCUT2D eigenvalue weighted by Crippen LogP contribution is -2.33. The van der Waals surface area contributed by atoms with E-state index in [0.717, 1.165) is 11.9 Å². The van der Waals surface area contributed by atoms with Crippen LogP contribution in [0.25, 0.3) is 16.5 Å². The van der Waals surface area contributed by atoms with Crippen LogP contribution >= 0.6 is 22.6 Å². The van der Waals surface area contributed by atoms with E-state index >= 15 is 0 Å². The summed E-state index contributed by atoms with van der Waals surface area (Å²) in [6, 6.07) is 6.19. The number of halogens is 1. The number of hydrogen-bond donors (Lipinski definition) is 1. The van der Waals surface area contributed by atoms with Crippen molar-refractivity contribution in [3.8, 4) is 0 Å². The molecule has 0 fully saturated rings. The molecule has 0 spiro atoms. The summed E-state index contributed by atoms with van der Waals surface area (Å²) in [6.45, 7) is 1.02. The van der Waals surface area contributed by atoms with E-state index in [1.807, 2.05) is 18.3 Å². The van der Waals surface area contributed by atoms with E-state index in [9.17, 15) is 8.42 Å². The highest BCUT2D eigenvalue weighted by Gasteiger charge is 2.21. The van der Waals surface area contributed by atoms with Gasteiger partial charge in [-0.2, -0.15) is 4.31 Å². The van der Waals surface area contributed by atoms with Crippen molar-refractivity contribution in [2.45, 2.75) is 6.42 Å². The van der Waals surface area contributed by atoms with E-state index in [1.54, 1.807) is 0 Å². The van der Waals surface area contributed by atoms with Crippen LogP contribution < -0.4 is 0 Å². The van der Waals surface area contributed by atoms with Gasteiger partial charge in [-0.1, -0.05) is 12.1 Å². The fourth-order valence-corrected chi connectivity index (χ4v) is 4.15. The molecule has 0 aliphatic carbocycles. The Bertz CT molecular complexity index is 793. The van der Waals surface area contributed by atoms with E-state index in [-0.39, 0.29) is 0 Å². The van der Waals surface area contributed by atoms with Gasteiger partial charge in [0.25, 0.3) is 0 Å². The van der Waals surface area contributed by atoms with Crippen molar-refractivity contribution < 1.29 is 8.42 Å². The maximum Gasteiger partial charge on any atom is 0.211 e. The maximum atomic E-state index is 11.5. The Morgan fingerprint density at radius 3 is 2.80 bits per heavy atom. The number of rotatable bonds is 2. The van der Waals surface area contributed by atoms with Crippen LogP contribution in [0.4, 0.5) is 0 Å². The molecule has 1 aliphatic heterocycles. The molecule has 20 heavy (non-hydrogen) atoms. The second kappa shape index (κ2) is 5.16. The average Bonchev–Trinajstić information content (AvgIpc) is 2.83. The predicted molar refractivity (Wildman–Crippen MR) is 90.0 cm³/mol. The molecule has 0 atom stereocenters. The van der Waals surface area contributed by atoms with Crippen molar-refractivity contribution >= 4 is 49.1 Å². The number of sulfonamides is 1. The lowest BCUT2D eigenvalue weighted by Gasteiger charge is -2.24. The second-order valence-electron chi connectivity index (χ2n) is 4.97. The molecule has 1 aromatic carbocycles. The second-order valence-corrected chi connectivity index (χ2v) is 8.11. The molecule has 3 rings (SSSR count). The SMILES string of the molecule is CS(=O)(=O)N1CC=C(c2c[nH]c3cccc(I)c23)CC1. The quantitative estimate of drug-likeness (QED) is 0.786. The summed E-state index contributed by atoms with van der Waals surface area (Å²) in [5, 5.41) is 1.23. The van der Waals surface area contributed by atoms with Crippen LogP contribution in [-0.2, 0) is 10.0 Å². The Labute approximate surface area is 132 Å². The molecule has 2 aromatic rings. The minimum atomic E-state index is -3.09. The smallest absolute Gasteiger partial charge is 0.211 e. The minimum Gasteiger partial charge on any atom is -0.361 e. The predicted octanol–water partition coefficient (Wildman–Crippen LogP) is 2.82. The number of nitrogens with one attached hydrogen (secondary N) is 1. The van der Waals surface area contributed by atoms with Crippen molar-refractivity contribution in [2.75, 3.05) is 19.3 Å². The van der Waals surface area contributed by atoms with E-state index < -0.39 is 10.0 Å². The highest BCUT2D eigenvalue weighted by atomic mass is 127. The molecule has 1 aromatic heterocycles. The normalized spacial score (nSPS) is 17.4. The number of H-pyrrole nitrogens is 1. The Kier molecular flexibility index (Phi) is 3.64. The summed E-state index contributed by atoms with van der Waals surface area (Å²) < 4.78 is 25.8. The maximum absolute atomic E-state index is 11.5. The Hall–Kier alpha value is -0.860. The third-order valence-corrected chi connectivity index (χ3v) is 5.81. The van der Waals surface area contributed by atoms with Gasteiger partial charge < -0.3 is 4.98 Å². The Balaban J connectivity index is 2.00. The van der Waals surface area contributed by atoms with Crippen LogP contribution in [-0.4, -0.2) is 37.1 Å². The summed E-state index contributed by atoms with van der Waals surface area (Å²) in [5.74, 6) is 0. The van der Waals surface area contributed by atoms with Crippen LogP contribution in [0.15, 0.2) is 30.5 Å². The zero-order chi connectivity index (χ0) is 14.3. The Morgan fingerprint density at radius 1 is 1.35 bits per heavy atom. The molecule has 1 aliphatic rings. The fraction of sp³-hybridized carbons (Fsp3) is 0.286. The molecule has 0 radical (unpaired) electrons. The molecule has 0 saturated carbocycles. The number of aromatic nitrogens is 1. The summed E-state index contributed by atoms with van der Waals surface area (Å²) in [4.78, 5) is 3.29. The molecule has 6 heteroatoms. The first-order chi connectivity index (χ1) is 9.47. The van der Waals surface area contributed by atoms with Gasteiger partial charge in [0.1, 0.15) is 0 Å². The molecule has 2 heterocycles. The first-order valence-corrected chi connectivity index (χ1v) is 9.29. The van der Waals surface area contributed by atoms with Crippen LogP contribution in [0.2, 0.25) is 0 Å². The first-order valence-electron chi connectivity index (χ1n) is 6.37. The van der Waals surface area contributed by atoms with Gasteiger partial charge in [0.05, 0.1) is 6.26 Å². The molecule has 0 unspecified atom stereocenters. The number of fused-ring (bicyclic) bond motifs is 1. The molecule has 4 nitrogen and oxygen atoms in total. The van der Waals surface area contributed by atoms with Crippen molar-refractivity contribution in [3.63, 3.8) is 0 Å². The summed E-state index contributed by atoms with van der Waals surface area (Å²) in [7, 11) is -3.09. The first kappa shape index (κ1) is 14.1. The van der Waals surface area contributed by atoms with Gasteiger partial charge >= 0.3 is 0 Å². The molecule has 0 amide bonds. The van der Waals surface area contributed by atoms with Gasteiger partial charge in [0.15, 0.2) is 0 Å². The fourth-order valence-electron chi connectivity index (χ4n) is 2.59. The number of benzene rings is 1.